The summed E-state index contributed by atoms with van der Waals surface area (Å²) >= 11 is 0. The minimum absolute atomic E-state index is 0.0362. The van der Waals surface area contributed by atoms with E-state index in [1.807, 2.05) is 0 Å². The average molecular weight is 250 g/mol. The number of nitrogens with one attached hydrogen (secondary N) is 1. The third kappa shape index (κ3) is 2.90. The number of anilines is 1. The van der Waals surface area contributed by atoms with Gasteiger partial charge in [0.25, 0.3) is 5.56 Å². The van der Waals surface area contributed by atoms with Gasteiger partial charge in [-0.2, -0.15) is 0 Å². The zero-order chi connectivity index (χ0) is 13.0. The maximum Gasteiger partial charge on any atom is 0.293 e. The van der Waals surface area contributed by atoms with E-state index >= 15 is 0 Å². The molecule has 0 radical (unpaired) electrons. The maximum absolute atomic E-state index is 12.1. The Bertz CT molecular complexity index is 443. The Hall–Kier alpha value is -1.36. The van der Waals surface area contributed by atoms with E-state index in [9.17, 15) is 4.79 Å². The summed E-state index contributed by atoms with van der Waals surface area (Å²) < 4.78 is 1.70. The molecule has 1 aromatic heterocycles. The first kappa shape index (κ1) is 13.1. The van der Waals surface area contributed by atoms with Crippen LogP contribution in [0.1, 0.15) is 32.6 Å². The summed E-state index contributed by atoms with van der Waals surface area (Å²) in [6.45, 7) is 3.54. The first-order valence-corrected chi connectivity index (χ1v) is 6.77. The molecule has 2 rings (SSSR count). The summed E-state index contributed by atoms with van der Waals surface area (Å²) in [6.07, 6.45) is 7.78. The highest BCUT2D eigenvalue weighted by atomic mass is 16.1. The van der Waals surface area contributed by atoms with Gasteiger partial charge in [-0.25, -0.2) is 4.98 Å². The number of aromatic nitrogens is 2. The van der Waals surface area contributed by atoms with Crippen LogP contribution in [0.15, 0.2) is 17.2 Å². The molecule has 1 fully saturated rings. The van der Waals surface area contributed by atoms with Crippen LogP contribution in [0, 0.1) is 5.92 Å². The van der Waals surface area contributed by atoms with Gasteiger partial charge in [0.2, 0.25) is 0 Å². The minimum atomic E-state index is -0.0362. The molecule has 1 aliphatic carbocycles. The van der Waals surface area contributed by atoms with Gasteiger partial charge in [-0.05, 0) is 25.2 Å². The van der Waals surface area contributed by atoms with Gasteiger partial charge < -0.3 is 15.6 Å². The Morgan fingerprint density at radius 1 is 1.56 bits per heavy atom. The number of rotatable bonds is 5. The molecular weight excluding hydrogens is 228 g/mol. The van der Waals surface area contributed by atoms with Crippen LogP contribution in [0.25, 0.3) is 0 Å². The number of aryl methyl sites for hydroxylation is 1. The summed E-state index contributed by atoms with van der Waals surface area (Å²) in [5.41, 5.74) is 5.98. The highest BCUT2D eigenvalue weighted by Crippen LogP contribution is 2.23. The molecule has 0 amide bonds. The first-order chi connectivity index (χ1) is 8.72. The van der Waals surface area contributed by atoms with Crippen LogP contribution in [0.5, 0.6) is 0 Å². The monoisotopic (exact) mass is 250 g/mol. The molecule has 18 heavy (non-hydrogen) atoms. The van der Waals surface area contributed by atoms with Crippen molar-refractivity contribution < 1.29 is 0 Å². The molecule has 1 aromatic rings. The van der Waals surface area contributed by atoms with Gasteiger partial charge in [0, 0.05) is 31.5 Å². The maximum atomic E-state index is 12.1. The molecule has 2 unspecified atom stereocenters. The average Bonchev–Trinajstić information content (AvgIpc) is 2.76. The van der Waals surface area contributed by atoms with E-state index in [0.717, 1.165) is 32.4 Å². The first-order valence-electron chi connectivity index (χ1n) is 6.77. The van der Waals surface area contributed by atoms with E-state index < -0.39 is 0 Å². The fourth-order valence-electron chi connectivity index (χ4n) is 2.53. The van der Waals surface area contributed by atoms with Crippen LogP contribution in [-0.2, 0) is 6.54 Å². The van der Waals surface area contributed by atoms with E-state index in [0.29, 0.717) is 11.7 Å². The van der Waals surface area contributed by atoms with Gasteiger partial charge in [-0.15, -0.1) is 0 Å². The standard InChI is InChI=1S/C13H22N4O/c1-2-7-17-8-6-15-12(13(17)18)16-9-10-4-3-5-11(10)14/h6,8,10-11H,2-5,7,9,14H2,1H3,(H,15,16). The molecule has 0 spiro atoms. The van der Waals surface area contributed by atoms with Crippen LogP contribution >= 0.6 is 0 Å². The third-order valence-electron chi connectivity index (χ3n) is 3.63. The normalized spacial score (nSPS) is 23.2. The van der Waals surface area contributed by atoms with E-state index in [-0.39, 0.29) is 11.6 Å². The largest absolute Gasteiger partial charge is 0.365 e. The molecule has 3 N–H and O–H groups in total. The molecule has 0 aromatic carbocycles. The Labute approximate surface area is 107 Å². The van der Waals surface area contributed by atoms with Crippen molar-refractivity contribution in [2.24, 2.45) is 11.7 Å². The molecule has 0 aliphatic heterocycles. The Morgan fingerprint density at radius 2 is 2.39 bits per heavy atom. The molecular formula is C13H22N4O. The van der Waals surface area contributed by atoms with Crippen LogP contribution < -0.4 is 16.6 Å². The highest BCUT2D eigenvalue weighted by Gasteiger charge is 2.23. The quantitative estimate of drug-likeness (QED) is 0.823. The number of nitrogens with zero attached hydrogens (tertiary/aromatic N) is 2. The summed E-state index contributed by atoms with van der Waals surface area (Å²) in [4.78, 5) is 16.2. The van der Waals surface area contributed by atoms with E-state index in [1.165, 1.54) is 6.42 Å². The molecule has 0 saturated heterocycles. The van der Waals surface area contributed by atoms with E-state index in [1.54, 1.807) is 17.0 Å². The number of hydrogen-bond donors (Lipinski definition) is 2. The van der Waals surface area contributed by atoms with Crippen molar-refractivity contribution in [1.29, 1.82) is 0 Å². The zero-order valence-corrected chi connectivity index (χ0v) is 10.9. The predicted octanol–water partition coefficient (Wildman–Crippen LogP) is 1.19. The van der Waals surface area contributed by atoms with Gasteiger partial charge in [-0.3, -0.25) is 4.79 Å². The molecule has 100 valence electrons. The summed E-state index contributed by atoms with van der Waals surface area (Å²) in [5, 5.41) is 3.16. The zero-order valence-electron chi connectivity index (χ0n) is 10.9. The Morgan fingerprint density at radius 3 is 3.06 bits per heavy atom. The molecule has 1 saturated carbocycles. The summed E-state index contributed by atoms with van der Waals surface area (Å²) in [5.74, 6) is 0.913. The van der Waals surface area contributed by atoms with Crippen molar-refractivity contribution in [2.45, 2.75) is 45.2 Å². The van der Waals surface area contributed by atoms with Crippen LogP contribution in [-0.4, -0.2) is 22.1 Å². The summed E-state index contributed by atoms with van der Waals surface area (Å²) in [7, 11) is 0. The summed E-state index contributed by atoms with van der Waals surface area (Å²) in [6, 6.07) is 0.263. The second-order valence-corrected chi connectivity index (χ2v) is 5.01. The Kier molecular flexibility index (Phi) is 4.36. The third-order valence-corrected chi connectivity index (χ3v) is 3.63. The molecule has 1 heterocycles. The number of nitrogens with two attached hydrogens (primary N) is 1. The minimum Gasteiger partial charge on any atom is -0.365 e. The van der Waals surface area contributed by atoms with Gasteiger partial charge in [0.1, 0.15) is 0 Å². The van der Waals surface area contributed by atoms with Crippen molar-refractivity contribution in [3.05, 3.63) is 22.7 Å². The van der Waals surface area contributed by atoms with Crippen LogP contribution in [0.3, 0.4) is 0 Å². The molecule has 5 nitrogen and oxygen atoms in total. The second kappa shape index (κ2) is 6.00. The fourth-order valence-corrected chi connectivity index (χ4v) is 2.53. The predicted molar refractivity (Wildman–Crippen MR) is 72.6 cm³/mol. The van der Waals surface area contributed by atoms with Crippen LogP contribution in [0.2, 0.25) is 0 Å². The lowest BCUT2D eigenvalue weighted by molar-refractivity contribution is 0.504. The SMILES string of the molecule is CCCn1ccnc(NCC2CCCC2N)c1=O. The lowest BCUT2D eigenvalue weighted by Gasteiger charge is -2.16. The van der Waals surface area contributed by atoms with Crippen molar-refractivity contribution >= 4 is 5.82 Å². The Balaban J connectivity index is 2.01. The van der Waals surface area contributed by atoms with Crippen molar-refractivity contribution in [1.82, 2.24) is 9.55 Å². The smallest absolute Gasteiger partial charge is 0.293 e. The lowest BCUT2D eigenvalue weighted by atomic mass is 10.1. The van der Waals surface area contributed by atoms with Crippen molar-refractivity contribution in [3.8, 4) is 0 Å². The van der Waals surface area contributed by atoms with Gasteiger partial charge >= 0.3 is 0 Å². The number of hydrogen-bond acceptors (Lipinski definition) is 4. The van der Waals surface area contributed by atoms with E-state index in [2.05, 4.69) is 17.2 Å². The fraction of sp³-hybridized carbons (Fsp3) is 0.692. The van der Waals surface area contributed by atoms with Gasteiger partial charge in [-0.1, -0.05) is 13.3 Å². The topological polar surface area (TPSA) is 72.9 Å². The second-order valence-electron chi connectivity index (χ2n) is 5.01. The van der Waals surface area contributed by atoms with Gasteiger partial charge in [0.15, 0.2) is 5.82 Å². The van der Waals surface area contributed by atoms with Crippen molar-refractivity contribution in [2.75, 3.05) is 11.9 Å². The highest BCUT2D eigenvalue weighted by molar-refractivity contribution is 5.30. The molecule has 2 atom stereocenters. The van der Waals surface area contributed by atoms with Crippen molar-refractivity contribution in [3.63, 3.8) is 0 Å². The molecule has 5 heteroatoms. The molecule has 1 aliphatic rings. The molecule has 0 bridgehead atoms. The lowest BCUT2D eigenvalue weighted by Crippen LogP contribution is -2.32. The van der Waals surface area contributed by atoms with E-state index in [4.69, 9.17) is 5.73 Å². The van der Waals surface area contributed by atoms with Crippen LogP contribution in [0.4, 0.5) is 5.82 Å². The van der Waals surface area contributed by atoms with Gasteiger partial charge in [0.05, 0.1) is 0 Å².